The normalized spacial score (nSPS) is 10.6. The topological polar surface area (TPSA) is 106 Å². The van der Waals surface area contributed by atoms with E-state index in [0.717, 1.165) is 11.3 Å². The highest BCUT2D eigenvalue weighted by molar-refractivity contribution is 5.78. The van der Waals surface area contributed by atoms with Crippen LogP contribution in [0.2, 0.25) is 0 Å². The second-order valence-corrected chi connectivity index (χ2v) is 5.62. The molecule has 0 radical (unpaired) electrons. The molecular formula is C17H18N6O2. The second kappa shape index (κ2) is 7.08. The standard InChI is InChI=1S/C17H18N6O2/c1-11-14(8-15(24)19-10-13-5-7-20-23(13)2)17(25)22-16(21-11)12-4-3-6-18-9-12/h3-7,9H,8,10H2,1-2H3,(H,19,24)(H,21,22,25). The summed E-state index contributed by atoms with van der Waals surface area (Å²) in [5, 5.41) is 6.83. The van der Waals surface area contributed by atoms with Gasteiger partial charge in [-0.25, -0.2) is 4.98 Å². The Bertz CT molecular complexity index is 945. The molecule has 128 valence electrons. The van der Waals surface area contributed by atoms with E-state index >= 15 is 0 Å². The Kier molecular flexibility index (Phi) is 4.69. The van der Waals surface area contributed by atoms with Crippen LogP contribution in [0.25, 0.3) is 11.4 Å². The minimum absolute atomic E-state index is 0.0284. The van der Waals surface area contributed by atoms with Crippen molar-refractivity contribution in [1.82, 2.24) is 30.0 Å². The Balaban J connectivity index is 1.73. The van der Waals surface area contributed by atoms with Gasteiger partial charge in [-0.1, -0.05) is 0 Å². The van der Waals surface area contributed by atoms with Crippen molar-refractivity contribution >= 4 is 5.91 Å². The highest BCUT2D eigenvalue weighted by atomic mass is 16.2. The summed E-state index contributed by atoms with van der Waals surface area (Å²) < 4.78 is 1.68. The zero-order valence-corrected chi connectivity index (χ0v) is 14.0. The number of aromatic amines is 1. The lowest BCUT2D eigenvalue weighted by Gasteiger charge is -2.08. The number of pyridine rings is 1. The monoisotopic (exact) mass is 338 g/mol. The van der Waals surface area contributed by atoms with Gasteiger partial charge in [-0.3, -0.25) is 19.3 Å². The number of hydrogen-bond donors (Lipinski definition) is 2. The molecule has 0 saturated carbocycles. The average Bonchev–Trinajstić information content (AvgIpc) is 3.02. The first kappa shape index (κ1) is 16.6. The highest BCUT2D eigenvalue weighted by Gasteiger charge is 2.13. The lowest BCUT2D eigenvalue weighted by Crippen LogP contribution is -2.29. The molecule has 3 aromatic heterocycles. The molecule has 8 nitrogen and oxygen atoms in total. The number of aryl methyl sites for hydroxylation is 2. The number of nitrogens with zero attached hydrogens (tertiary/aromatic N) is 4. The van der Waals surface area contributed by atoms with Crippen LogP contribution < -0.4 is 10.9 Å². The quantitative estimate of drug-likeness (QED) is 0.713. The Morgan fingerprint density at radius 3 is 2.80 bits per heavy atom. The molecule has 25 heavy (non-hydrogen) atoms. The molecule has 0 aliphatic carbocycles. The number of aromatic nitrogens is 5. The van der Waals surface area contributed by atoms with E-state index in [2.05, 4.69) is 25.4 Å². The highest BCUT2D eigenvalue weighted by Crippen LogP contribution is 2.12. The molecule has 0 atom stereocenters. The minimum Gasteiger partial charge on any atom is -0.350 e. The summed E-state index contributed by atoms with van der Waals surface area (Å²) in [5.74, 6) is 0.195. The summed E-state index contributed by atoms with van der Waals surface area (Å²) in [6.07, 6.45) is 4.91. The fourth-order valence-corrected chi connectivity index (χ4v) is 2.45. The molecule has 0 spiro atoms. The molecule has 1 amide bonds. The molecule has 3 heterocycles. The number of amides is 1. The molecule has 0 saturated heterocycles. The van der Waals surface area contributed by atoms with Gasteiger partial charge in [0.1, 0.15) is 5.82 Å². The van der Waals surface area contributed by atoms with Gasteiger partial charge >= 0.3 is 0 Å². The molecule has 0 aromatic carbocycles. The maximum Gasteiger partial charge on any atom is 0.255 e. The van der Waals surface area contributed by atoms with E-state index in [-0.39, 0.29) is 17.9 Å². The molecule has 0 bridgehead atoms. The van der Waals surface area contributed by atoms with Crippen LogP contribution in [-0.2, 0) is 24.8 Å². The van der Waals surface area contributed by atoms with E-state index in [0.29, 0.717) is 23.6 Å². The number of nitrogens with one attached hydrogen (secondary N) is 2. The molecular weight excluding hydrogens is 320 g/mol. The molecule has 0 aliphatic rings. The van der Waals surface area contributed by atoms with E-state index in [4.69, 9.17) is 0 Å². The molecule has 3 aromatic rings. The average molecular weight is 338 g/mol. The summed E-state index contributed by atoms with van der Waals surface area (Å²) in [7, 11) is 1.80. The predicted octanol–water partition coefficient (Wildman–Crippen LogP) is 0.733. The fraction of sp³-hybridized carbons (Fsp3) is 0.235. The zero-order chi connectivity index (χ0) is 17.8. The van der Waals surface area contributed by atoms with E-state index < -0.39 is 0 Å². The van der Waals surface area contributed by atoms with Crippen molar-refractivity contribution in [3.8, 4) is 11.4 Å². The molecule has 0 aliphatic heterocycles. The lowest BCUT2D eigenvalue weighted by atomic mass is 10.1. The van der Waals surface area contributed by atoms with E-state index in [1.54, 1.807) is 43.3 Å². The molecule has 0 fully saturated rings. The van der Waals surface area contributed by atoms with Crippen LogP contribution >= 0.6 is 0 Å². The van der Waals surface area contributed by atoms with Crippen LogP contribution in [0.4, 0.5) is 0 Å². The summed E-state index contributed by atoms with van der Waals surface area (Å²) in [5.41, 5.74) is 2.16. The van der Waals surface area contributed by atoms with Crippen LogP contribution in [0.5, 0.6) is 0 Å². The van der Waals surface area contributed by atoms with Crippen LogP contribution in [0.3, 0.4) is 0 Å². The van der Waals surface area contributed by atoms with Crippen molar-refractivity contribution in [3.05, 3.63) is 64.1 Å². The third-order valence-corrected chi connectivity index (χ3v) is 3.88. The van der Waals surface area contributed by atoms with Gasteiger partial charge in [0, 0.05) is 42.5 Å². The maximum absolute atomic E-state index is 12.3. The summed E-state index contributed by atoms with van der Waals surface area (Å²) in [6.45, 7) is 2.08. The Morgan fingerprint density at radius 2 is 2.16 bits per heavy atom. The van der Waals surface area contributed by atoms with Crippen molar-refractivity contribution < 1.29 is 4.79 Å². The number of hydrogen-bond acceptors (Lipinski definition) is 5. The lowest BCUT2D eigenvalue weighted by molar-refractivity contribution is -0.120. The largest absolute Gasteiger partial charge is 0.350 e. The van der Waals surface area contributed by atoms with Crippen molar-refractivity contribution in [1.29, 1.82) is 0 Å². The van der Waals surface area contributed by atoms with Crippen LogP contribution in [0.1, 0.15) is 17.0 Å². The number of H-pyrrole nitrogens is 1. The van der Waals surface area contributed by atoms with E-state index in [1.807, 2.05) is 12.1 Å². The van der Waals surface area contributed by atoms with Gasteiger partial charge in [-0.2, -0.15) is 5.10 Å². The Hall–Kier alpha value is -3.29. The van der Waals surface area contributed by atoms with Gasteiger partial charge in [0.05, 0.1) is 18.7 Å². The van der Waals surface area contributed by atoms with E-state index in [9.17, 15) is 9.59 Å². The van der Waals surface area contributed by atoms with Gasteiger partial charge < -0.3 is 10.3 Å². The van der Waals surface area contributed by atoms with Crippen molar-refractivity contribution in [2.75, 3.05) is 0 Å². The first-order chi connectivity index (χ1) is 12.0. The Morgan fingerprint density at radius 1 is 1.32 bits per heavy atom. The zero-order valence-electron chi connectivity index (χ0n) is 14.0. The first-order valence-electron chi connectivity index (χ1n) is 7.78. The number of carbonyl (C=O) groups excluding carboxylic acids is 1. The summed E-state index contributed by atoms with van der Waals surface area (Å²) in [4.78, 5) is 35.6. The fourth-order valence-electron chi connectivity index (χ4n) is 2.45. The van der Waals surface area contributed by atoms with Crippen LogP contribution in [0.15, 0.2) is 41.6 Å². The smallest absolute Gasteiger partial charge is 0.255 e. The maximum atomic E-state index is 12.3. The van der Waals surface area contributed by atoms with Gasteiger partial charge in [-0.05, 0) is 25.1 Å². The van der Waals surface area contributed by atoms with Crippen LogP contribution in [0, 0.1) is 6.92 Å². The van der Waals surface area contributed by atoms with Gasteiger partial charge in [0.25, 0.3) is 5.56 Å². The number of carbonyl (C=O) groups is 1. The van der Waals surface area contributed by atoms with Crippen LogP contribution in [-0.4, -0.2) is 30.6 Å². The van der Waals surface area contributed by atoms with Gasteiger partial charge in [0.15, 0.2) is 0 Å². The minimum atomic E-state index is -0.318. The van der Waals surface area contributed by atoms with Gasteiger partial charge in [-0.15, -0.1) is 0 Å². The van der Waals surface area contributed by atoms with E-state index in [1.165, 1.54) is 0 Å². The van der Waals surface area contributed by atoms with Crippen molar-refractivity contribution in [2.24, 2.45) is 7.05 Å². The molecule has 8 heteroatoms. The SMILES string of the molecule is Cc1nc(-c2cccnc2)[nH]c(=O)c1CC(=O)NCc1ccnn1C. The summed E-state index contributed by atoms with van der Waals surface area (Å²) in [6, 6.07) is 5.40. The Labute approximate surface area is 144 Å². The van der Waals surface area contributed by atoms with Gasteiger partial charge in [0.2, 0.25) is 5.91 Å². The molecule has 2 N–H and O–H groups in total. The third kappa shape index (κ3) is 3.79. The third-order valence-electron chi connectivity index (χ3n) is 3.88. The molecule has 0 unspecified atom stereocenters. The van der Waals surface area contributed by atoms with Crippen molar-refractivity contribution in [3.63, 3.8) is 0 Å². The second-order valence-electron chi connectivity index (χ2n) is 5.62. The first-order valence-corrected chi connectivity index (χ1v) is 7.78. The molecule has 3 rings (SSSR count). The van der Waals surface area contributed by atoms with Crippen molar-refractivity contribution in [2.45, 2.75) is 19.9 Å². The number of rotatable bonds is 5. The predicted molar refractivity (Wildman–Crippen MR) is 91.6 cm³/mol. The summed E-state index contributed by atoms with van der Waals surface area (Å²) >= 11 is 0.